The van der Waals surface area contributed by atoms with Crippen molar-refractivity contribution in [2.45, 2.75) is 6.92 Å². The molecule has 8 nitrogen and oxygen atoms in total. The lowest BCUT2D eigenvalue weighted by atomic mass is 10.9. The van der Waals surface area contributed by atoms with Crippen LogP contribution in [0.5, 0.6) is 0 Å². The topological polar surface area (TPSA) is 134 Å². The van der Waals surface area contributed by atoms with Gasteiger partial charge in [-0.2, -0.15) is 0 Å². The van der Waals surface area contributed by atoms with Crippen LogP contribution in [0.15, 0.2) is 0 Å². The van der Waals surface area contributed by atoms with Crippen LogP contribution in [0.1, 0.15) is 6.92 Å². The molecule has 0 aliphatic carbocycles. The molecule has 8 heteroatoms. The number of primary amides is 1. The molecule has 0 fully saturated rings. The molecule has 72 valence electrons. The number of hydroxylamine groups is 2. The second kappa shape index (κ2) is 9.46. The lowest BCUT2D eigenvalue weighted by Crippen LogP contribution is -2.25. The van der Waals surface area contributed by atoms with Gasteiger partial charge < -0.3 is 10.5 Å². The Labute approximate surface area is 68.2 Å². The predicted molar refractivity (Wildman–Crippen MR) is 36.4 cm³/mol. The fraction of sp³-hybridized carbons (Fsp3) is 0.500. The average molecular weight is 181 g/mol. The van der Waals surface area contributed by atoms with Gasteiger partial charge in [-0.1, -0.05) is 0 Å². The highest BCUT2D eigenvalue weighted by Crippen LogP contribution is 1.70. The quantitative estimate of drug-likeness (QED) is 0.266. The lowest BCUT2D eigenvalue weighted by Gasteiger charge is -1.94. The minimum absolute atomic E-state index is 0.270. The number of nitrogens with two attached hydrogens (primary N) is 1. The Morgan fingerprint density at radius 3 is 1.92 bits per heavy atom. The van der Waals surface area contributed by atoms with Crippen LogP contribution in [-0.2, 0) is 4.74 Å². The van der Waals surface area contributed by atoms with Crippen molar-refractivity contribution in [3.63, 3.8) is 0 Å². The molecular weight excluding hydrogens is 170 g/mol. The van der Waals surface area contributed by atoms with Crippen molar-refractivity contribution in [1.82, 2.24) is 11.0 Å². The van der Waals surface area contributed by atoms with Crippen molar-refractivity contribution in [3.8, 4) is 0 Å². The summed E-state index contributed by atoms with van der Waals surface area (Å²) in [5.41, 5.74) is 6.76. The van der Waals surface area contributed by atoms with Crippen molar-refractivity contribution < 1.29 is 24.7 Å². The maximum atomic E-state index is 9.83. The SMILES string of the molecule is CCOC(=O)NO.NC(=O)NO. The number of urea groups is 1. The molecule has 12 heavy (non-hydrogen) atoms. The molecule has 0 aromatic heterocycles. The van der Waals surface area contributed by atoms with Gasteiger partial charge in [-0.15, -0.1) is 0 Å². The summed E-state index contributed by atoms with van der Waals surface area (Å²) in [6.07, 6.45) is -0.817. The van der Waals surface area contributed by atoms with Crippen LogP contribution >= 0.6 is 0 Å². The normalized spacial score (nSPS) is 7.25. The molecule has 0 aromatic carbocycles. The first kappa shape index (κ1) is 13.1. The van der Waals surface area contributed by atoms with Gasteiger partial charge in [0.05, 0.1) is 6.61 Å². The van der Waals surface area contributed by atoms with Crippen LogP contribution in [0.4, 0.5) is 9.59 Å². The lowest BCUT2D eigenvalue weighted by molar-refractivity contribution is 0.0929. The van der Waals surface area contributed by atoms with Gasteiger partial charge in [0.1, 0.15) is 0 Å². The number of amides is 3. The minimum Gasteiger partial charge on any atom is -0.448 e. The second-order valence-electron chi connectivity index (χ2n) is 1.31. The van der Waals surface area contributed by atoms with Gasteiger partial charge in [0.25, 0.3) is 0 Å². The maximum absolute atomic E-state index is 9.83. The number of nitrogens with one attached hydrogen (secondary N) is 2. The number of rotatable bonds is 1. The molecule has 0 heterocycles. The van der Waals surface area contributed by atoms with Crippen molar-refractivity contribution in [2.75, 3.05) is 6.61 Å². The molecule has 0 saturated heterocycles. The molecular formula is C4H11N3O5. The van der Waals surface area contributed by atoms with Crippen molar-refractivity contribution in [1.29, 1.82) is 0 Å². The molecule has 0 aromatic rings. The summed E-state index contributed by atoms with van der Waals surface area (Å²) >= 11 is 0. The van der Waals surface area contributed by atoms with E-state index in [-0.39, 0.29) is 6.61 Å². The van der Waals surface area contributed by atoms with E-state index in [0.717, 1.165) is 0 Å². The average Bonchev–Trinajstić information content (AvgIpc) is 2.06. The molecule has 0 aliphatic rings. The summed E-state index contributed by atoms with van der Waals surface area (Å²) in [6, 6.07) is -0.940. The first-order valence-electron chi connectivity index (χ1n) is 2.84. The van der Waals surface area contributed by atoms with Crippen molar-refractivity contribution in [3.05, 3.63) is 0 Å². The van der Waals surface area contributed by atoms with E-state index in [4.69, 9.17) is 10.4 Å². The Bertz CT molecular complexity index is 139. The number of hydrogen-bond acceptors (Lipinski definition) is 5. The van der Waals surface area contributed by atoms with Crippen LogP contribution in [0, 0.1) is 0 Å². The summed E-state index contributed by atoms with van der Waals surface area (Å²) < 4.78 is 4.19. The largest absolute Gasteiger partial charge is 0.448 e. The molecule has 0 rings (SSSR count). The molecule has 0 spiro atoms. The van der Waals surface area contributed by atoms with Crippen LogP contribution in [0.2, 0.25) is 0 Å². The van der Waals surface area contributed by atoms with E-state index in [2.05, 4.69) is 10.5 Å². The van der Waals surface area contributed by atoms with Gasteiger partial charge in [0.2, 0.25) is 0 Å². The highest BCUT2D eigenvalue weighted by molar-refractivity contribution is 5.69. The number of hydrogen-bond donors (Lipinski definition) is 5. The van der Waals surface area contributed by atoms with Crippen LogP contribution in [0.25, 0.3) is 0 Å². The van der Waals surface area contributed by atoms with Crippen molar-refractivity contribution in [2.24, 2.45) is 5.73 Å². The second-order valence-corrected chi connectivity index (χ2v) is 1.31. The fourth-order valence-electron chi connectivity index (χ4n) is 0.163. The number of ether oxygens (including phenoxy) is 1. The summed E-state index contributed by atoms with van der Waals surface area (Å²) in [5.74, 6) is 0. The van der Waals surface area contributed by atoms with Gasteiger partial charge >= 0.3 is 12.1 Å². The molecule has 6 N–H and O–H groups in total. The maximum Gasteiger partial charge on any atom is 0.431 e. The standard InChI is InChI=1S/C3H7NO3.CH4N2O2/c1-2-7-3(5)4-6;2-1(4)3-5/h6H,2H2,1H3,(H,4,5);5H,(H3,2,3,4). The zero-order valence-electron chi connectivity index (χ0n) is 6.40. The molecule has 0 aliphatic heterocycles. The highest BCUT2D eigenvalue weighted by atomic mass is 16.6. The van der Waals surface area contributed by atoms with E-state index in [1.54, 1.807) is 6.92 Å². The highest BCUT2D eigenvalue weighted by Gasteiger charge is 1.91. The Morgan fingerprint density at radius 2 is 1.83 bits per heavy atom. The van der Waals surface area contributed by atoms with E-state index in [1.165, 1.54) is 11.0 Å². The third kappa shape index (κ3) is 15.8. The Kier molecular flexibility index (Phi) is 10.3. The summed E-state index contributed by atoms with van der Waals surface area (Å²) in [5, 5.41) is 15.2. The Balaban J connectivity index is 0. The van der Waals surface area contributed by atoms with Gasteiger partial charge in [-0.3, -0.25) is 10.4 Å². The molecule has 0 atom stereocenters. The third-order valence-corrected chi connectivity index (χ3v) is 0.477. The smallest absolute Gasteiger partial charge is 0.431 e. The summed E-state index contributed by atoms with van der Waals surface area (Å²) in [4.78, 5) is 19.1. The third-order valence-electron chi connectivity index (χ3n) is 0.477. The molecule has 0 saturated carbocycles. The van der Waals surface area contributed by atoms with E-state index in [0.29, 0.717) is 0 Å². The molecule has 0 unspecified atom stereocenters. The predicted octanol–water partition coefficient (Wildman–Crippen LogP) is -0.834. The molecule has 0 radical (unpaired) electrons. The zero-order chi connectivity index (χ0) is 9.98. The molecule has 3 amide bonds. The van der Waals surface area contributed by atoms with E-state index < -0.39 is 12.1 Å². The Morgan fingerprint density at radius 1 is 1.42 bits per heavy atom. The summed E-state index contributed by atoms with van der Waals surface area (Å²) in [7, 11) is 0. The zero-order valence-corrected chi connectivity index (χ0v) is 6.40. The van der Waals surface area contributed by atoms with Crippen LogP contribution < -0.4 is 16.7 Å². The number of carbonyl (C=O) groups excluding carboxylic acids is 2. The van der Waals surface area contributed by atoms with E-state index in [9.17, 15) is 9.59 Å². The minimum atomic E-state index is -0.940. The fourth-order valence-corrected chi connectivity index (χ4v) is 0.163. The van der Waals surface area contributed by atoms with Gasteiger partial charge in [0.15, 0.2) is 0 Å². The van der Waals surface area contributed by atoms with Gasteiger partial charge in [-0.25, -0.2) is 20.5 Å². The molecule has 0 bridgehead atoms. The van der Waals surface area contributed by atoms with Gasteiger partial charge in [0, 0.05) is 0 Å². The van der Waals surface area contributed by atoms with Gasteiger partial charge in [-0.05, 0) is 6.92 Å². The van der Waals surface area contributed by atoms with Crippen LogP contribution in [-0.4, -0.2) is 29.1 Å². The number of carbonyl (C=O) groups is 2. The van der Waals surface area contributed by atoms with E-state index in [1.807, 2.05) is 0 Å². The monoisotopic (exact) mass is 181 g/mol. The Hall–Kier alpha value is -1.54. The first-order chi connectivity index (χ1) is 5.58. The first-order valence-corrected chi connectivity index (χ1v) is 2.84. The summed E-state index contributed by atoms with van der Waals surface area (Å²) in [6.45, 7) is 1.92. The van der Waals surface area contributed by atoms with Crippen LogP contribution in [0.3, 0.4) is 0 Å². The van der Waals surface area contributed by atoms with E-state index >= 15 is 0 Å². The van der Waals surface area contributed by atoms with Crippen molar-refractivity contribution >= 4 is 12.1 Å².